The van der Waals surface area contributed by atoms with Gasteiger partial charge in [-0.3, -0.25) is 14.1 Å². The normalized spacial score (nSPS) is 16.8. The Morgan fingerprint density at radius 3 is 2.30 bits per heavy atom. The monoisotopic (exact) mass is 782 g/mol. The quantitative estimate of drug-likeness (QED) is 0.172. The predicted molar refractivity (Wildman–Crippen MR) is 192 cm³/mol. The summed E-state index contributed by atoms with van der Waals surface area (Å²) in [6.45, 7) is 11.6. The van der Waals surface area contributed by atoms with E-state index >= 15 is 4.39 Å². The number of aliphatic imine (C=N–C) groups is 1. The van der Waals surface area contributed by atoms with Gasteiger partial charge in [-0.15, -0.1) is 11.3 Å². The van der Waals surface area contributed by atoms with Gasteiger partial charge >= 0.3 is 12.3 Å². The van der Waals surface area contributed by atoms with Crippen LogP contribution in [0.4, 0.5) is 26.7 Å². The van der Waals surface area contributed by atoms with Crippen LogP contribution < -0.4 is 11.1 Å². The van der Waals surface area contributed by atoms with Crippen LogP contribution in [0.25, 0.3) is 16.1 Å². The molecule has 1 aliphatic carbocycles. The number of guanidine groups is 1. The highest BCUT2D eigenvalue weighted by Crippen LogP contribution is 2.49. The molecule has 0 bridgehead atoms. The molecule has 286 valence electrons. The largest absolute Gasteiger partial charge is 0.447 e. The fourth-order valence-corrected chi connectivity index (χ4v) is 6.22. The molecule has 11 nitrogen and oxygen atoms in total. The average molecular weight is 783 g/mol. The molecule has 2 aliphatic rings. The minimum absolute atomic E-state index is 0.0466. The number of carbonyl (C=O) groups excluding carboxylic acids is 2. The number of alkyl halides is 4. The topological polar surface area (TPSA) is 141 Å². The number of rotatable bonds is 8. The molecule has 1 saturated carbocycles. The number of alkyl carbamates (subject to hydrolysis) is 1. The van der Waals surface area contributed by atoms with Crippen molar-refractivity contribution in [2.45, 2.75) is 78.2 Å². The number of amides is 2. The second-order valence-electron chi connectivity index (χ2n) is 13.9. The number of hydrogen-bond donors (Lipinski definition) is 2. The molecular formula is C35H40ClF5N8O3S. The van der Waals surface area contributed by atoms with Crippen LogP contribution in [0.1, 0.15) is 75.3 Å². The van der Waals surface area contributed by atoms with E-state index in [4.69, 9.17) is 22.1 Å². The number of nitrogens with two attached hydrogens (primary N) is 1. The number of ether oxygens (including phenoxy) is 1. The fourth-order valence-electron chi connectivity index (χ4n) is 5.22. The van der Waals surface area contributed by atoms with Gasteiger partial charge in [0.15, 0.2) is 12.0 Å². The van der Waals surface area contributed by atoms with Gasteiger partial charge in [0.1, 0.15) is 30.1 Å². The van der Waals surface area contributed by atoms with Crippen molar-refractivity contribution in [3.63, 3.8) is 0 Å². The average Bonchev–Trinajstić information content (AvgIpc) is 3.39. The third-order valence-corrected chi connectivity index (χ3v) is 9.20. The summed E-state index contributed by atoms with van der Waals surface area (Å²) in [7, 11) is 0.500. The lowest BCUT2D eigenvalue weighted by atomic mass is 10.0. The van der Waals surface area contributed by atoms with Gasteiger partial charge in [0.2, 0.25) is 0 Å². The Balaban J connectivity index is 0.000000828. The zero-order valence-corrected chi connectivity index (χ0v) is 31.6. The summed E-state index contributed by atoms with van der Waals surface area (Å²) in [5.74, 6) is -1.27. The molecule has 4 aromatic rings. The second-order valence-corrected chi connectivity index (χ2v) is 15.1. The van der Waals surface area contributed by atoms with E-state index in [-0.39, 0.29) is 29.4 Å². The molecule has 53 heavy (non-hydrogen) atoms. The number of nitrogens with zero attached hydrogens (tertiary/aromatic N) is 6. The van der Waals surface area contributed by atoms with Crippen LogP contribution in [0.2, 0.25) is 5.02 Å². The summed E-state index contributed by atoms with van der Waals surface area (Å²) < 4.78 is 72.1. The number of carbonyl (C=O) groups is 2. The van der Waals surface area contributed by atoms with Gasteiger partial charge in [0.05, 0.1) is 40.0 Å². The molecule has 2 aromatic carbocycles. The van der Waals surface area contributed by atoms with Gasteiger partial charge in [-0.05, 0) is 61.4 Å². The zero-order valence-electron chi connectivity index (χ0n) is 30.1. The molecule has 2 unspecified atom stereocenters. The van der Waals surface area contributed by atoms with E-state index in [1.807, 2.05) is 5.32 Å². The lowest BCUT2D eigenvalue weighted by Crippen LogP contribution is -2.49. The first kappa shape index (κ1) is 41.1. The molecule has 3 heterocycles. The lowest BCUT2D eigenvalue weighted by Gasteiger charge is -2.29. The van der Waals surface area contributed by atoms with Crippen LogP contribution in [-0.4, -0.2) is 68.1 Å². The van der Waals surface area contributed by atoms with Crippen LogP contribution >= 0.6 is 22.9 Å². The van der Waals surface area contributed by atoms with Crippen LogP contribution in [-0.2, 0) is 9.53 Å². The predicted octanol–water partition coefficient (Wildman–Crippen LogP) is 8.20. The van der Waals surface area contributed by atoms with Crippen molar-refractivity contribution < 1.29 is 36.3 Å². The Morgan fingerprint density at radius 1 is 1.11 bits per heavy atom. The molecule has 0 spiro atoms. The highest BCUT2D eigenvalue weighted by molar-refractivity contribution is 7.13. The van der Waals surface area contributed by atoms with Crippen LogP contribution in [0, 0.1) is 25.1 Å². The lowest BCUT2D eigenvalue weighted by molar-refractivity contribution is -0.164. The van der Waals surface area contributed by atoms with Crippen LogP contribution in [0.5, 0.6) is 0 Å². The maximum Gasteiger partial charge on any atom is 0.411 e. The van der Waals surface area contributed by atoms with Gasteiger partial charge < -0.3 is 15.8 Å². The van der Waals surface area contributed by atoms with E-state index in [0.29, 0.717) is 35.2 Å². The van der Waals surface area contributed by atoms with Gasteiger partial charge in [-0.25, -0.2) is 28.8 Å². The number of benzene rings is 2. The van der Waals surface area contributed by atoms with Crippen LogP contribution in [0.15, 0.2) is 53.2 Å². The summed E-state index contributed by atoms with van der Waals surface area (Å²) >= 11 is 7.79. The van der Waals surface area contributed by atoms with Gasteiger partial charge in [-0.2, -0.15) is 18.3 Å². The molecule has 6 rings (SSSR count). The molecule has 3 N–H and O–H groups in total. The van der Waals surface area contributed by atoms with E-state index in [1.165, 1.54) is 46.6 Å². The van der Waals surface area contributed by atoms with Crippen molar-refractivity contribution in [1.29, 1.82) is 0 Å². The Kier molecular flexibility index (Phi) is 12.5. The molecule has 0 saturated heterocycles. The van der Waals surface area contributed by atoms with E-state index in [9.17, 15) is 27.2 Å². The van der Waals surface area contributed by atoms with Crippen molar-refractivity contribution in [2.75, 3.05) is 13.8 Å². The summed E-state index contributed by atoms with van der Waals surface area (Å²) in [4.78, 5) is 40.8. The second kappa shape index (κ2) is 16.2. The maximum absolute atomic E-state index is 15.5. The minimum Gasteiger partial charge on any atom is -0.447 e. The highest BCUT2D eigenvalue weighted by atomic mass is 35.5. The number of aryl methyl sites for hydroxylation is 2. The van der Waals surface area contributed by atoms with Gasteiger partial charge in [-0.1, -0.05) is 57.5 Å². The minimum atomic E-state index is -4.67. The molecule has 2 atom stereocenters. The molecule has 18 heteroatoms. The van der Waals surface area contributed by atoms with Crippen LogP contribution in [0.3, 0.4) is 0 Å². The van der Waals surface area contributed by atoms with E-state index in [2.05, 4.69) is 47.8 Å². The van der Waals surface area contributed by atoms with Gasteiger partial charge in [0.25, 0.3) is 5.91 Å². The first-order valence-electron chi connectivity index (χ1n) is 16.2. The highest BCUT2D eigenvalue weighted by Gasteiger charge is 2.64. The third-order valence-electron chi connectivity index (χ3n) is 7.90. The van der Waals surface area contributed by atoms with Gasteiger partial charge in [0, 0.05) is 5.56 Å². The first-order valence-corrected chi connectivity index (χ1v) is 17.5. The summed E-state index contributed by atoms with van der Waals surface area (Å²) in [5.41, 5.74) is 7.94. The summed E-state index contributed by atoms with van der Waals surface area (Å²) in [5, 5.41) is 6.31. The number of nitrogens with one attached hydrogen (secondary N) is 1. The van der Waals surface area contributed by atoms with E-state index < -0.39 is 48.2 Å². The smallest absolute Gasteiger partial charge is 0.411 e. The third kappa shape index (κ3) is 9.48. The molecule has 2 amide bonds. The zero-order chi connectivity index (χ0) is 39.5. The molecule has 0 radical (unpaired) electrons. The molecule has 1 aliphatic heterocycles. The van der Waals surface area contributed by atoms with E-state index in [1.54, 1.807) is 31.5 Å². The maximum atomic E-state index is 15.5. The number of aromatic nitrogens is 4. The van der Waals surface area contributed by atoms with Crippen molar-refractivity contribution in [3.8, 4) is 16.1 Å². The first-order chi connectivity index (χ1) is 24.8. The summed E-state index contributed by atoms with van der Waals surface area (Å²) in [6, 6.07) is 6.37. The fraction of sp³-hybridized carbons (Fsp3) is 0.429. The number of thiazole rings is 1. The Hall–Kier alpha value is -4.64. The summed E-state index contributed by atoms with van der Waals surface area (Å²) in [6.07, 6.45) is -5.26. The standard InChI is InChI=1S/C29H25ClF4N8O3S.C5H12.CH3F/c1-14-24(46-13-37-14)17-3-5-18(20(31)9-17)23-25(43)41(26(35)39-23)22(11-45-27(44)40-28(7-8-28)29(32,33)34)16-4-6-19(30)21(10-16)42-15(2)36-12-38-42;1-5(2,3)4;1-2/h3-6,9-10,12-13,22-23H,7-8,11H2,1-2H3,(H2,35,39)(H,40,44);1-4H3;1H3. The molecule has 1 fully saturated rings. The number of hydrogen-bond acceptors (Lipinski definition) is 9. The van der Waals surface area contributed by atoms with Crippen molar-refractivity contribution in [3.05, 3.63) is 81.7 Å². The van der Waals surface area contributed by atoms with Crippen molar-refractivity contribution in [1.82, 2.24) is 30.0 Å². The SMILES string of the molecule is CC(C)(C)C.CF.Cc1ncsc1-c1ccc(C2N=C(N)N(C(COC(=O)NC3(C(F)(F)F)CC3)c3ccc(Cl)c(-n4ncnc4C)c3)C2=O)c(F)c1. The van der Waals surface area contributed by atoms with Crippen molar-refractivity contribution in [2.24, 2.45) is 16.1 Å². The Bertz CT molecular complexity index is 1970. The Labute approximate surface area is 312 Å². The molecular weight excluding hydrogens is 743 g/mol. The number of halogens is 6. The van der Waals surface area contributed by atoms with Crippen molar-refractivity contribution >= 4 is 40.9 Å². The van der Waals surface area contributed by atoms with E-state index in [0.717, 1.165) is 15.5 Å². The Morgan fingerprint density at radius 2 is 1.77 bits per heavy atom. The molecule has 2 aromatic heterocycles.